The molecule has 1 aliphatic heterocycles. The fourth-order valence-corrected chi connectivity index (χ4v) is 6.44. The molecule has 0 radical (unpaired) electrons. The molecular weight excluding hydrogens is 422 g/mol. The first-order chi connectivity index (χ1) is 15.2. The third-order valence-electron chi connectivity index (χ3n) is 5.66. The van der Waals surface area contributed by atoms with Crippen LogP contribution in [0.1, 0.15) is 60.3 Å². The van der Waals surface area contributed by atoms with Crippen molar-refractivity contribution in [2.45, 2.75) is 76.8 Å². The van der Waals surface area contributed by atoms with Gasteiger partial charge in [-0.3, -0.25) is 4.79 Å². The van der Waals surface area contributed by atoms with Gasteiger partial charge in [-0.05, 0) is 64.1 Å². The van der Waals surface area contributed by atoms with Crippen LogP contribution in [0.3, 0.4) is 0 Å². The third kappa shape index (κ3) is 5.81. The molecule has 2 aromatic rings. The fourth-order valence-electron chi connectivity index (χ4n) is 4.23. The summed E-state index contributed by atoms with van der Waals surface area (Å²) in [5, 5.41) is 3.97. The number of ether oxygens (including phenoxy) is 1. The number of unbranched alkanes of at least 4 members (excludes halogenated alkanes) is 1. The number of aromatic nitrogens is 1. The Morgan fingerprint density at radius 2 is 2.03 bits per heavy atom. The van der Waals surface area contributed by atoms with Gasteiger partial charge in [0.25, 0.3) is 5.56 Å². The van der Waals surface area contributed by atoms with Crippen LogP contribution in [0.15, 0.2) is 40.2 Å². The van der Waals surface area contributed by atoms with E-state index in [1.807, 2.05) is 43.9 Å². The second kappa shape index (κ2) is 10.7. The average Bonchev–Trinajstić information content (AvgIpc) is 2.95. The topological polar surface area (TPSA) is 65.6 Å². The number of benzene rings is 1. The van der Waals surface area contributed by atoms with Crippen molar-refractivity contribution in [3.8, 4) is 0 Å². The number of aromatic amines is 1. The highest BCUT2D eigenvalue weighted by Crippen LogP contribution is 2.38. The monoisotopic (exact) mass is 459 g/mol. The molecule has 6 nitrogen and oxygen atoms in total. The van der Waals surface area contributed by atoms with E-state index in [4.69, 9.17) is 4.74 Å². The summed E-state index contributed by atoms with van der Waals surface area (Å²) in [5.41, 5.74) is -0.557. The Bertz CT molecular complexity index is 1020. The van der Waals surface area contributed by atoms with Crippen molar-refractivity contribution >= 4 is 32.9 Å². The summed E-state index contributed by atoms with van der Waals surface area (Å²) in [6.45, 7) is 12.3. The zero-order chi connectivity index (χ0) is 23.3. The molecule has 2 atom stereocenters. The van der Waals surface area contributed by atoms with Gasteiger partial charge in [0.1, 0.15) is 5.60 Å². The number of rotatable bonds is 5. The number of hydrogen-bond acceptors (Lipinski definition) is 4. The maximum Gasteiger partial charge on any atom is 0.410 e. The number of H-pyrrole nitrogens is 1. The average molecular weight is 460 g/mol. The van der Waals surface area contributed by atoms with Crippen LogP contribution in [0, 0.1) is 0 Å². The molecule has 1 N–H and O–H groups in total. The van der Waals surface area contributed by atoms with Crippen molar-refractivity contribution in [2.24, 2.45) is 0 Å². The molecule has 2 unspecified atom stereocenters. The van der Waals surface area contributed by atoms with Gasteiger partial charge in [0, 0.05) is 47.5 Å². The van der Waals surface area contributed by atoms with E-state index in [0.717, 1.165) is 43.0 Å². The van der Waals surface area contributed by atoms with Crippen LogP contribution in [-0.4, -0.2) is 56.9 Å². The van der Waals surface area contributed by atoms with Crippen molar-refractivity contribution < 1.29 is 9.53 Å². The maximum absolute atomic E-state index is 12.9. The van der Waals surface area contributed by atoms with Crippen molar-refractivity contribution in [1.82, 2.24) is 14.2 Å². The first-order valence-electron chi connectivity index (χ1n) is 11.6. The number of nitrogens with one attached hydrogen (secondary N) is 1. The normalized spacial score (nSPS) is 19.2. The van der Waals surface area contributed by atoms with E-state index in [1.165, 1.54) is 4.90 Å². The van der Waals surface area contributed by atoms with Crippen LogP contribution in [0.25, 0.3) is 10.8 Å². The fraction of sp³-hybridized carbons (Fsp3) is 0.560. The molecule has 0 aliphatic carbocycles. The third-order valence-corrected chi connectivity index (χ3v) is 7.90. The Hall–Kier alpha value is -2.12. The number of pyridine rings is 1. The van der Waals surface area contributed by atoms with E-state index in [9.17, 15) is 9.59 Å². The van der Waals surface area contributed by atoms with E-state index >= 15 is 0 Å². The molecule has 1 saturated heterocycles. The summed E-state index contributed by atoms with van der Waals surface area (Å²) in [6, 6.07) is 8.24. The molecule has 176 valence electrons. The maximum atomic E-state index is 12.9. The summed E-state index contributed by atoms with van der Waals surface area (Å²) < 4.78 is 8.24. The van der Waals surface area contributed by atoms with Crippen molar-refractivity contribution in [1.29, 1.82) is 0 Å². The minimum absolute atomic E-state index is 0.0569. The van der Waals surface area contributed by atoms with Gasteiger partial charge in [0.15, 0.2) is 0 Å². The predicted molar refractivity (Wildman–Crippen MR) is 135 cm³/mol. The summed E-state index contributed by atoms with van der Waals surface area (Å²) in [6.07, 6.45) is 5.65. The molecule has 32 heavy (non-hydrogen) atoms. The molecule has 0 bridgehead atoms. The van der Waals surface area contributed by atoms with E-state index in [0.29, 0.717) is 13.1 Å². The van der Waals surface area contributed by atoms with Gasteiger partial charge >= 0.3 is 6.09 Å². The van der Waals surface area contributed by atoms with Gasteiger partial charge in [-0.15, -0.1) is 0 Å². The van der Waals surface area contributed by atoms with Crippen molar-refractivity contribution in [3.05, 3.63) is 40.8 Å². The zero-order valence-corrected chi connectivity index (χ0v) is 20.8. The number of amides is 1. The minimum atomic E-state index is -0.501. The second-order valence-electron chi connectivity index (χ2n) is 9.29. The molecule has 3 rings (SSSR count). The Kier molecular flexibility index (Phi) is 8.17. The zero-order valence-electron chi connectivity index (χ0n) is 20.0. The van der Waals surface area contributed by atoms with Crippen molar-refractivity contribution in [2.75, 3.05) is 19.6 Å². The molecule has 1 aliphatic rings. The lowest BCUT2D eigenvalue weighted by Crippen LogP contribution is -2.43. The first kappa shape index (κ1) is 24.5. The van der Waals surface area contributed by atoms with Gasteiger partial charge in [-0.2, -0.15) is 0 Å². The smallest absolute Gasteiger partial charge is 0.410 e. The SMILES string of the molecule is C/C=S(/c1cccc2c(=O)[nH]ccc12)N1CCCN(C(=O)OC(C)(C)C)CC1CCCC. The molecule has 1 amide bonds. The molecule has 1 fully saturated rings. The van der Waals surface area contributed by atoms with Gasteiger partial charge in [0.2, 0.25) is 0 Å². The standard InChI is InChI=1S/C25H37N3O3S/c1-6-8-11-19-18-27(24(30)31-25(3,4)5)16-10-17-28(19)32(7-2)22-13-9-12-21-20(22)14-15-26-23(21)29/h7,9,12-15,19H,6,8,10-11,16-18H2,1-5H3,(H,26,29). The predicted octanol–water partition coefficient (Wildman–Crippen LogP) is 5.39. The van der Waals surface area contributed by atoms with Crippen LogP contribution in [0.2, 0.25) is 0 Å². The molecule has 2 heterocycles. The summed E-state index contributed by atoms with van der Waals surface area (Å²) in [4.78, 5) is 31.1. The molecule has 7 heteroatoms. The molecule has 1 aromatic carbocycles. The lowest BCUT2D eigenvalue weighted by molar-refractivity contribution is 0.0239. The highest BCUT2D eigenvalue weighted by Gasteiger charge is 2.31. The number of fused-ring (bicyclic) bond motifs is 1. The highest BCUT2D eigenvalue weighted by molar-refractivity contribution is 8.13. The van der Waals surface area contributed by atoms with Crippen LogP contribution in [0.5, 0.6) is 0 Å². The van der Waals surface area contributed by atoms with E-state index in [2.05, 4.69) is 34.6 Å². The number of nitrogens with zero attached hydrogens (tertiary/aromatic N) is 2. The van der Waals surface area contributed by atoms with E-state index < -0.39 is 5.60 Å². The summed E-state index contributed by atoms with van der Waals surface area (Å²) >= 11 is 0. The van der Waals surface area contributed by atoms with Crippen LogP contribution >= 0.6 is 10.7 Å². The number of carbonyl (C=O) groups excluding carboxylic acids is 1. The molecular formula is C25H37N3O3S. The quantitative estimate of drug-likeness (QED) is 0.609. The van der Waals surface area contributed by atoms with Gasteiger partial charge in [-0.25, -0.2) is 9.10 Å². The highest BCUT2D eigenvalue weighted by atomic mass is 32.2. The van der Waals surface area contributed by atoms with Gasteiger partial charge < -0.3 is 14.6 Å². The van der Waals surface area contributed by atoms with Crippen LogP contribution in [-0.2, 0) is 4.74 Å². The van der Waals surface area contributed by atoms with E-state index in [1.54, 1.807) is 6.20 Å². The van der Waals surface area contributed by atoms with Crippen LogP contribution in [0.4, 0.5) is 4.79 Å². The van der Waals surface area contributed by atoms with Gasteiger partial charge in [0.05, 0.1) is 0 Å². The largest absolute Gasteiger partial charge is 0.444 e. The Labute approximate surface area is 194 Å². The number of carbonyl (C=O) groups is 1. The lowest BCUT2D eigenvalue weighted by Gasteiger charge is -2.35. The second-order valence-corrected chi connectivity index (χ2v) is 11.3. The lowest BCUT2D eigenvalue weighted by atomic mass is 10.1. The Morgan fingerprint density at radius 1 is 1.25 bits per heavy atom. The minimum Gasteiger partial charge on any atom is -0.444 e. The summed E-state index contributed by atoms with van der Waals surface area (Å²) in [5.74, 6) is 0. The first-order valence-corrected chi connectivity index (χ1v) is 12.9. The van der Waals surface area contributed by atoms with Crippen LogP contribution < -0.4 is 5.56 Å². The summed E-state index contributed by atoms with van der Waals surface area (Å²) in [7, 11) is -0.279. The van der Waals surface area contributed by atoms with Crippen molar-refractivity contribution in [3.63, 3.8) is 0 Å². The Balaban J connectivity index is 1.96. The van der Waals surface area contributed by atoms with Gasteiger partial charge in [-0.1, -0.05) is 36.5 Å². The number of hydrogen-bond donors (Lipinski definition) is 1. The van der Waals surface area contributed by atoms with E-state index in [-0.39, 0.29) is 28.4 Å². The molecule has 0 spiro atoms. The Morgan fingerprint density at radius 3 is 2.72 bits per heavy atom. The molecule has 0 saturated carbocycles. The molecule has 1 aromatic heterocycles.